The van der Waals surface area contributed by atoms with Crippen LogP contribution in [0.2, 0.25) is 0 Å². The summed E-state index contributed by atoms with van der Waals surface area (Å²) in [6, 6.07) is 15.4. The number of halogens is 2. The number of rotatable bonds is 9. The first-order chi connectivity index (χ1) is 20.9. The van der Waals surface area contributed by atoms with Gasteiger partial charge in [-0.2, -0.15) is 9.97 Å². The number of anilines is 1. The van der Waals surface area contributed by atoms with E-state index in [0.29, 0.717) is 62.3 Å². The van der Waals surface area contributed by atoms with Gasteiger partial charge in [0, 0.05) is 31.6 Å². The van der Waals surface area contributed by atoms with E-state index in [1.807, 2.05) is 4.90 Å². The average molecular weight is 593 g/mol. The van der Waals surface area contributed by atoms with Gasteiger partial charge < -0.3 is 24.8 Å². The van der Waals surface area contributed by atoms with Crippen molar-refractivity contribution in [2.24, 2.45) is 11.8 Å². The lowest BCUT2D eigenvalue weighted by molar-refractivity contribution is -0.126. The molecule has 6 rings (SSSR count). The van der Waals surface area contributed by atoms with Crippen LogP contribution in [0.15, 0.2) is 54.6 Å². The number of hydrogen-bond donors (Lipinski definition) is 2. The van der Waals surface area contributed by atoms with Gasteiger partial charge in [-0.15, -0.1) is 0 Å². The highest BCUT2D eigenvalue weighted by Gasteiger charge is 2.28. The first-order valence-corrected chi connectivity index (χ1v) is 14.6. The zero-order valence-corrected chi connectivity index (χ0v) is 23.7. The van der Waals surface area contributed by atoms with Crippen molar-refractivity contribution in [2.75, 3.05) is 37.8 Å². The lowest BCUT2D eigenvalue weighted by Crippen LogP contribution is -2.37. The summed E-state index contributed by atoms with van der Waals surface area (Å²) in [6.45, 7) is 3.01. The highest BCUT2D eigenvalue weighted by atomic mass is 19.3. The van der Waals surface area contributed by atoms with Gasteiger partial charge in [0.1, 0.15) is 11.6 Å². The summed E-state index contributed by atoms with van der Waals surface area (Å²) >= 11 is 0. The quantitative estimate of drug-likeness (QED) is 0.285. The number of alkyl halides is 2. The van der Waals surface area contributed by atoms with Crippen LogP contribution in [0.4, 0.5) is 14.7 Å². The number of nitrogens with one attached hydrogen (secondary N) is 1. The van der Waals surface area contributed by atoms with E-state index >= 15 is 0 Å². The van der Waals surface area contributed by atoms with Crippen molar-refractivity contribution in [3.63, 3.8) is 0 Å². The van der Waals surface area contributed by atoms with Gasteiger partial charge >= 0.3 is 0 Å². The van der Waals surface area contributed by atoms with E-state index in [2.05, 4.69) is 20.3 Å². The molecule has 2 aliphatic rings. The minimum atomic E-state index is -2.80. The number of morpholine rings is 1. The van der Waals surface area contributed by atoms with Crippen molar-refractivity contribution in [2.45, 2.75) is 38.7 Å². The van der Waals surface area contributed by atoms with Crippen LogP contribution in [0.1, 0.15) is 43.5 Å². The Morgan fingerprint density at radius 1 is 1.02 bits per heavy atom. The minimum absolute atomic E-state index is 0.0328. The Morgan fingerprint density at radius 2 is 1.77 bits per heavy atom. The minimum Gasteiger partial charge on any atom is -0.508 e. The van der Waals surface area contributed by atoms with Crippen LogP contribution in [0.3, 0.4) is 0 Å². The Bertz CT molecular complexity index is 1550. The first-order valence-electron chi connectivity index (χ1n) is 14.6. The Morgan fingerprint density at radius 3 is 2.51 bits per heavy atom. The van der Waals surface area contributed by atoms with Crippen LogP contribution < -0.4 is 15.0 Å². The zero-order valence-electron chi connectivity index (χ0n) is 23.7. The summed E-state index contributed by atoms with van der Waals surface area (Å²) < 4.78 is 41.3. The molecule has 1 aliphatic heterocycles. The van der Waals surface area contributed by atoms with Crippen LogP contribution in [0.5, 0.6) is 11.6 Å². The van der Waals surface area contributed by atoms with Crippen LogP contribution in [0.25, 0.3) is 16.9 Å². The first kappa shape index (κ1) is 28.8. The molecule has 10 nitrogen and oxygen atoms in total. The van der Waals surface area contributed by atoms with Crippen molar-refractivity contribution >= 4 is 22.9 Å². The Kier molecular flexibility index (Phi) is 8.64. The fraction of sp³-hybridized carbons (Fsp3) is 0.419. The molecular formula is C31H34F2N6O4. The van der Waals surface area contributed by atoms with Gasteiger partial charge in [0.2, 0.25) is 17.7 Å². The van der Waals surface area contributed by atoms with Crippen LogP contribution in [0, 0.1) is 11.8 Å². The van der Waals surface area contributed by atoms with E-state index in [0.717, 1.165) is 31.2 Å². The van der Waals surface area contributed by atoms with E-state index in [4.69, 9.17) is 9.47 Å². The molecule has 43 heavy (non-hydrogen) atoms. The van der Waals surface area contributed by atoms with Gasteiger partial charge in [-0.05, 0) is 61.4 Å². The highest BCUT2D eigenvalue weighted by Crippen LogP contribution is 2.32. The molecule has 1 saturated heterocycles. The Labute approximate surface area is 247 Å². The number of ether oxygens (including phenoxy) is 2. The van der Waals surface area contributed by atoms with Crippen molar-refractivity contribution in [1.29, 1.82) is 0 Å². The van der Waals surface area contributed by atoms with Crippen LogP contribution >= 0.6 is 0 Å². The molecule has 2 aromatic heterocycles. The number of phenols is 1. The molecular weight excluding hydrogens is 558 g/mol. The molecule has 0 radical (unpaired) electrons. The molecule has 226 valence electrons. The van der Waals surface area contributed by atoms with Crippen LogP contribution in [-0.4, -0.2) is 63.4 Å². The number of carbonyl (C=O) groups is 1. The number of para-hydroxylation sites is 2. The molecule has 1 saturated carbocycles. The number of nitrogens with zero attached hydrogens (tertiary/aromatic N) is 5. The SMILES string of the molecule is O=C(NCc1ccc(O)cc1)C1CCC(COc2cc(-n3c(C(F)F)nc4ccccc43)nc(N3CCOCC3)n2)CC1. The lowest BCUT2D eigenvalue weighted by Gasteiger charge is -2.29. The fourth-order valence-electron chi connectivity index (χ4n) is 5.67. The normalized spacial score (nSPS) is 19.1. The molecule has 0 bridgehead atoms. The second kappa shape index (κ2) is 12.9. The third-order valence-electron chi connectivity index (χ3n) is 8.07. The molecule has 3 heterocycles. The maximum absolute atomic E-state index is 14.1. The van der Waals surface area contributed by atoms with Crippen molar-refractivity contribution in [1.82, 2.24) is 24.8 Å². The number of amides is 1. The van der Waals surface area contributed by atoms with E-state index in [1.165, 1.54) is 4.57 Å². The van der Waals surface area contributed by atoms with E-state index in [-0.39, 0.29) is 35.1 Å². The maximum Gasteiger partial charge on any atom is 0.296 e. The molecule has 0 atom stereocenters. The third-order valence-corrected chi connectivity index (χ3v) is 8.07. The number of hydrogen-bond acceptors (Lipinski definition) is 8. The zero-order chi connectivity index (χ0) is 29.8. The summed E-state index contributed by atoms with van der Waals surface area (Å²) in [5, 5.41) is 12.4. The van der Waals surface area contributed by atoms with Crippen molar-refractivity contribution in [3.05, 3.63) is 66.0 Å². The molecule has 1 amide bonds. The molecule has 1 aliphatic carbocycles. The summed E-state index contributed by atoms with van der Waals surface area (Å²) in [4.78, 5) is 28.2. The number of carbonyl (C=O) groups excluding carboxylic acids is 1. The van der Waals surface area contributed by atoms with Crippen molar-refractivity contribution in [3.8, 4) is 17.4 Å². The second-order valence-electron chi connectivity index (χ2n) is 11.0. The average Bonchev–Trinajstić information content (AvgIpc) is 3.44. The van der Waals surface area contributed by atoms with Gasteiger partial charge in [-0.1, -0.05) is 24.3 Å². The predicted molar refractivity (Wildman–Crippen MR) is 156 cm³/mol. The van der Waals surface area contributed by atoms with Gasteiger partial charge in [-0.25, -0.2) is 13.8 Å². The van der Waals surface area contributed by atoms with Crippen molar-refractivity contribution < 1.29 is 28.2 Å². The number of imidazole rings is 1. The predicted octanol–water partition coefficient (Wildman–Crippen LogP) is 4.80. The van der Waals surface area contributed by atoms with Gasteiger partial charge in [0.25, 0.3) is 6.43 Å². The molecule has 0 spiro atoms. The monoisotopic (exact) mass is 592 g/mol. The molecule has 2 aromatic carbocycles. The molecule has 0 unspecified atom stereocenters. The molecule has 2 fully saturated rings. The van der Waals surface area contributed by atoms with Gasteiger partial charge in [-0.3, -0.25) is 9.36 Å². The summed E-state index contributed by atoms with van der Waals surface area (Å²) in [6.07, 6.45) is 0.359. The summed E-state index contributed by atoms with van der Waals surface area (Å²) in [5.74, 6) is 0.974. The van der Waals surface area contributed by atoms with Gasteiger partial charge in [0.05, 0.1) is 30.9 Å². The van der Waals surface area contributed by atoms with Crippen LogP contribution in [-0.2, 0) is 16.1 Å². The Hall–Kier alpha value is -4.32. The number of benzene rings is 2. The van der Waals surface area contributed by atoms with E-state index in [1.54, 1.807) is 54.6 Å². The van der Waals surface area contributed by atoms with E-state index < -0.39 is 6.43 Å². The topological polar surface area (TPSA) is 115 Å². The highest BCUT2D eigenvalue weighted by molar-refractivity contribution is 5.79. The summed E-state index contributed by atoms with van der Waals surface area (Å²) in [5.41, 5.74) is 1.91. The van der Waals surface area contributed by atoms with E-state index in [9.17, 15) is 18.7 Å². The lowest BCUT2D eigenvalue weighted by atomic mass is 9.82. The number of phenolic OH excluding ortho intramolecular Hbond substituents is 1. The molecule has 2 N–H and O–H groups in total. The Balaban J connectivity index is 1.14. The largest absolute Gasteiger partial charge is 0.508 e. The second-order valence-corrected chi connectivity index (χ2v) is 11.0. The standard InChI is InChI=1S/C31H34F2N6O4/c32-28(33)29-35-24-3-1-2-4-25(24)39(29)26-17-27(37-31(36-26)38-13-15-42-16-14-38)43-19-21-5-9-22(10-6-21)30(41)34-18-20-7-11-23(40)12-8-20/h1-4,7-8,11-12,17,21-22,28,40H,5-6,9-10,13-16,18-19H2,(H,34,41). The van der Waals surface area contributed by atoms with Gasteiger partial charge in [0.15, 0.2) is 5.82 Å². The molecule has 12 heteroatoms. The maximum atomic E-state index is 14.1. The number of aromatic hydroxyl groups is 1. The fourth-order valence-corrected chi connectivity index (χ4v) is 5.67. The number of fused-ring (bicyclic) bond motifs is 1. The summed E-state index contributed by atoms with van der Waals surface area (Å²) in [7, 11) is 0. The molecule has 4 aromatic rings. The third kappa shape index (κ3) is 6.69. The number of aromatic nitrogens is 4. The smallest absolute Gasteiger partial charge is 0.296 e.